The van der Waals surface area contributed by atoms with Gasteiger partial charge < -0.3 is 23.4 Å². The van der Waals surface area contributed by atoms with Gasteiger partial charge >= 0.3 is 58.4 Å². The molecular formula is C8H7BF4KNO2. The number of carbonyl (C=O) groups excluding carboxylic acids is 1. The van der Waals surface area contributed by atoms with Crippen molar-refractivity contribution in [3.63, 3.8) is 0 Å². The van der Waals surface area contributed by atoms with Gasteiger partial charge in [0, 0.05) is 0 Å². The van der Waals surface area contributed by atoms with Crippen LogP contribution in [0.3, 0.4) is 0 Å². The molecule has 17 heavy (non-hydrogen) atoms. The SMILES string of the molecule is NC(=O)c1c(F)cccc1OC[B-](F)(F)F.[K+]. The van der Waals surface area contributed by atoms with Crippen LogP contribution in [0.25, 0.3) is 0 Å². The number of primary amides is 1. The van der Waals surface area contributed by atoms with Gasteiger partial charge in [-0.25, -0.2) is 4.39 Å². The van der Waals surface area contributed by atoms with Crippen molar-refractivity contribution < 1.29 is 78.3 Å². The number of carbonyl (C=O) groups is 1. The van der Waals surface area contributed by atoms with E-state index in [4.69, 9.17) is 5.73 Å². The van der Waals surface area contributed by atoms with Gasteiger partial charge in [-0.3, -0.25) is 4.79 Å². The quantitative estimate of drug-likeness (QED) is 0.548. The van der Waals surface area contributed by atoms with Gasteiger partial charge in [-0.15, -0.1) is 0 Å². The van der Waals surface area contributed by atoms with Crippen LogP contribution in [0, 0.1) is 5.82 Å². The predicted octanol–water partition coefficient (Wildman–Crippen LogP) is -1.31. The van der Waals surface area contributed by atoms with Gasteiger partial charge in [-0.1, -0.05) is 6.07 Å². The summed E-state index contributed by atoms with van der Waals surface area (Å²) in [4.78, 5) is 10.8. The van der Waals surface area contributed by atoms with Crippen LogP contribution >= 0.6 is 0 Å². The van der Waals surface area contributed by atoms with Crippen molar-refractivity contribution in [1.82, 2.24) is 0 Å². The fourth-order valence-electron chi connectivity index (χ4n) is 1.05. The third-order valence-electron chi connectivity index (χ3n) is 1.65. The van der Waals surface area contributed by atoms with Crippen molar-refractivity contribution in [2.75, 3.05) is 6.51 Å². The molecule has 0 spiro atoms. The molecule has 1 aromatic rings. The molecule has 1 rings (SSSR count). The number of hydrogen-bond acceptors (Lipinski definition) is 2. The normalized spacial score (nSPS) is 10.6. The van der Waals surface area contributed by atoms with Gasteiger partial charge in [-0.2, -0.15) is 0 Å². The van der Waals surface area contributed by atoms with Crippen molar-refractivity contribution in [3.8, 4) is 5.75 Å². The largest absolute Gasteiger partial charge is 1.00 e. The van der Waals surface area contributed by atoms with Crippen LogP contribution < -0.4 is 61.9 Å². The van der Waals surface area contributed by atoms with Gasteiger partial charge in [0.2, 0.25) is 0 Å². The number of rotatable bonds is 4. The molecule has 0 heterocycles. The molecule has 1 aromatic carbocycles. The molecule has 0 bridgehead atoms. The Labute approximate surface area is 137 Å². The Morgan fingerprint density at radius 1 is 1.35 bits per heavy atom. The number of amides is 1. The molecule has 9 heteroatoms. The second-order valence-corrected chi connectivity index (χ2v) is 3.00. The van der Waals surface area contributed by atoms with Crippen molar-refractivity contribution in [3.05, 3.63) is 29.6 Å². The fraction of sp³-hybridized carbons (Fsp3) is 0.125. The molecule has 0 saturated heterocycles. The van der Waals surface area contributed by atoms with E-state index in [1.807, 2.05) is 0 Å². The Hall–Kier alpha value is -0.0887. The molecule has 1 amide bonds. The number of hydrogen-bond donors (Lipinski definition) is 1. The molecule has 0 radical (unpaired) electrons. The van der Waals surface area contributed by atoms with Gasteiger partial charge in [-0.05, 0) is 12.1 Å². The molecule has 0 aliphatic carbocycles. The number of ether oxygens (including phenoxy) is 1. The van der Waals surface area contributed by atoms with Gasteiger partial charge in [0.05, 0.1) is 6.51 Å². The summed E-state index contributed by atoms with van der Waals surface area (Å²) in [6.45, 7) is -6.72. The topological polar surface area (TPSA) is 52.3 Å². The molecule has 0 aliphatic heterocycles. The number of benzene rings is 1. The molecule has 0 saturated carbocycles. The molecule has 0 unspecified atom stereocenters. The number of halogens is 4. The summed E-state index contributed by atoms with van der Waals surface area (Å²) in [5.74, 6) is -2.70. The van der Waals surface area contributed by atoms with E-state index >= 15 is 0 Å². The summed E-state index contributed by atoms with van der Waals surface area (Å²) in [5.41, 5.74) is 4.14. The molecule has 0 fully saturated rings. The smallest absolute Gasteiger partial charge is 0.521 e. The van der Waals surface area contributed by atoms with Crippen LogP contribution in [0.2, 0.25) is 0 Å². The Bertz CT molecular complexity index is 413. The van der Waals surface area contributed by atoms with E-state index in [0.29, 0.717) is 0 Å². The monoisotopic (exact) mass is 275 g/mol. The molecule has 88 valence electrons. The van der Waals surface area contributed by atoms with Crippen LogP contribution in [0.15, 0.2) is 18.2 Å². The fourth-order valence-corrected chi connectivity index (χ4v) is 1.05. The first-order chi connectivity index (χ1) is 7.31. The van der Waals surface area contributed by atoms with Crippen LogP contribution in [0.5, 0.6) is 5.75 Å². The second kappa shape index (κ2) is 6.74. The first-order valence-electron chi connectivity index (χ1n) is 4.23. The van der Waals surface area contributed by atoms with Crippen molar-refractivity contribution in [1.29, 1.82) is 0 Å². The summed E-state index contributed by atoms with van der Waals surface area (Å²) in [6.07, 6.45) is 0. The molecule has 0 aliphatic rings. The van der Waals surface area contributed by atoms with Gasteiger partial charge in [0.25, 0.3) is 5.91 Å². The second-order valence-electron chi connectivity index (χ2n) is 3.00. The van der Waals surface area contributed by atoms with E-state index in [0.717, 1.165) is 18.2 Å². The molecule has 3 nitrogen and oxygen atoms in total. The van der Waals surface area contributed by atoms with Crippen molar-refractivity contribution in [2.24, 2.45) is 5.73 Å². The summed E-state index contributed by atoms with van der Waals surface area (Å²) in [5, 5.41) is 0. The molecule has 2 N–H and O–H groups in total. The van der Waals surface area contributed by atoms with Gasteiger partial charge in [0.15, 0.2) is 0 Å². The minimum Gasteiger partial charge on any atom is -0.521 e. The minimum atomic E-state index is -5.17. The maximum absolute atomic E-state index is 13.1. The van der Waals surface area contributed by atoms with E-state index in [-0.39, 0.29) is 51.4 Å². The Morgan fingerprint density at radius 2 is 1.94 bits per heavy atom. The summed E-state index contributed by atoms with van der Waals surface area (Å²) in [7, 11) is 0. The standard InChI is InChI=1S/C8H7BF4NO2.K/c10-5-2-1-3-6(7(5)8(14)15)16-4-9(11,12)13;/h1-3H,4H2,(H2,14,15);/q-1;+1. The summed E-state index contributed by atoms with van der Waals surface area (Å²) >= 11 is 0. The zero-order valence-corrected chi connectivity index (χ0v) is 12.0. The average molecular weight is 275 g/mol. The third-order valence-corrected chi connectivity index (χ3v) is 1.65. The van der Waals surface area contributed by atoms with Crippen LogP contribution in [-0.2, 0) is 0 Å². The Kier molecular flexibility index (Phi) is 6.70. The van der Waals surface area contributed by atoms with Crippen LogP contribution in [0.1, 0.15) is 10.4 Å². The Balaban J connectivity index is 0.00000256. The van der Waals surface area contributed by atoms with E-state index in [2.05, 4.69) is 4.74 Å². The molecule has 0 atom stereocenters. The van der Waals surface area contributed by atoms with Crippen LogP contribution in [0.4, 0.5) is 17.3 Å². The zero-order valence-electron chi connectivity index (χ0n) is 8.92. The predicted molar refractivity (Wildman–Crippen MR) is 49.5 cm³/mol. The first kappa shape index (κ1) is 16.9. The number of nitrogens with two attached hydrogens (primary N) is 1. The van der Waals surface area contributed by atoms with E-state index in [9.17, 15) is 22.1 Å². The first-order valence-corrected chi connectivity index (χ1v) is 4.23. The third kappa shape index (κ3) is 5.39. The maximum Gasteiger partial charge on any atom is 1.00 e. The van der Waals surface area contributed by atoms with Gasteiger partial charge in [0.1, 0.15) is 17.1 Å². The Morgan fingerprint density at radius 3 is 2.41 bits per heavy atom. The average Bonchev–Trinajstić information content (AvgIpc) is 2.12. The van der Waals surface area contributed by atoms with Crippen molar-refractivity contribution >= 4 is 12.9 Å². The minimum absolute atomic E-state index is 0. The van der Waals surface area contributed by atoms with Crippen molar-refractivity contribution in [2.45, 2.75) is 0 Å². The molecular weight excluding hydrogens is 268 g/mol. The van der Waals surface area contributed by atoms with Crippen LogP contribution in [-0.4, -0.2) is 19.4 Å². The van der Waals surface area contributed by atoms with E-state index in [1.54, 1.807) is 0 Å². The summed E-state index contributed by atoms with van der Waals surface area (Å²) < 4.78 is 53.1. The van der Waals surface area contributed by atoms with E-state index < -0.39 is 36.5 Å². The summed E-state index contributed by atoms with van der Waals surface area (Å²) in [6, 6.07) is 3.08. The molecule has 0 aromatic heterocycles. The van der Waals surface area contributed by atoms with E-state index in [1.165, 1.54) is 0 Å². The zero-order chi connectivity index (χ0) is 12.3. The maximum atomic E-state index is 13.1.